The lowest BCUT2D eigenvalue weighted by molar-refractivity contribution is -0.127. The molecule has 0 spiro atoms. The summed E-state index contributed by atoms with van der Waals surface area (Å²) in [4.78, 5) is 18.0. The van der Waals surface area contributed by atoms with E-state index in [1.54, 1.807) is 12.3 Å². The van der Waals surface area contributed by atoms with Crippen LogP contribution in [0, 0.1) is 17.2 Å². The number of hydrogen-bond donors (Lipinski definition) is 1. The van der Waals surface area contributed by atoms with Crippen LogP contribution in [0.1, 0.15) is 26.5 Å². The molecule has 1 fully saturated rings. The minimum Gasteiger partial charge on any atom is -0.370 e. The zero-order valence-corrected chi connectivity index (χ0v) is 11.5. The second-order valence-corrected chi connectivity index (χ2v) is 5.85. The third kappa shape index (κ3) is 3.22. The normalized spacial score (nSPS) is 15.6. The highest BCUT2D eigenvalue weighted by molar-refractivity contribution is 5.82. The standard InChI is InChI=1S/C14H18N4O/c1-14(2,3)17-13(19)10-8-18(9-10)12-4-5-16-11(6-12)7-15/h4-6,10H,8-9H2,1-3H3,(H,17,19). The second kappa shape index (κ2) is 4.88. The molecule has 1 amide bonds. The number of nitrogens with zero attached hydrogens (tertiary/aromatic N) is 3. The molecule has 1 aliphatic rings. The van der Waals surface area contributed by atoms with Crippen LogP contribution in [-0.4, -0.2) is 29.5 Å². The van der Waals surface area contributed by atoms with E-state index in [1.165, 1.54) is 0 Å². The van der Waals surface area contributed by atoms with Gasteiger partial charge in [-0.05, 0) is 32.9 Å². The molecular weight excluding hydrogens is 240 g/mol. The maximum Gasteiger partial charge on any atom is 0.227 e. The molecule has 0 radical (unpaired) electrons. The van der Waals surface area contributed by atoms with Gasteiger partial charge >= 0.3 is 0 Å². The van der Waals surface area contributed by atoms with Crippen LogP contribution in [0.3, 0.4) is 0 Å². The predicted octanol–water partition coefficient (Wildman–Crippen LogP) is 1.30. The molecule has 2 heterocycles. The third-order valence-corrected chi connectivity index (χ3v) is 2.97. The summed E-state index contributed by atoms with van der Waals surface area (Å²) in [6, 6.07) is 5.63. The smallest absolute Gasteiger partial charge is 0.227 e. The van der Waals surface area contributed by atoms with Crippen LogP contribution in [0.15, 0.2) is 18.3 Å². The molecule has 1 aliphatic heterocycles. The van der Waals surface area contributed by atoms with Crippen LogP contribution in [0.2, 0.25) is 0 Å². The Morgan fingerprint density at radius 1 is 1.53 bits per heavy atom. The van der Waals surface area contributed by atoms with Crippen LogP contribution in [0.5, 0.6) is 0 Å². The molecule has 0 bridgehead atoms. The van der Waals surface area contributed by atoms with Crippen LogP contribution in [0.4, 0.5) is 5.69 Å². The summed E-state index contributed by atoms with van der Waals surface area (Å²) in [5.41, 5.74) is 1.16. The number of rotatable bonds is 2. The fourth-order valence-corrected chi connectivity index (χ4v) is 2.00. The third-order valence-electron chi connectivity index (χ3n) is 2.97. The van der Waals surface area contributed by atoms with Gasteiger partial charge in [-0.1, -0.05) is 0 Å². The maximum atomic E-state index is 11.9. The van der Waals surface area contributed by atoms with Crippen molar-refractivity contribution in [1.29, 1.82) is 5.26 Å². The molecule has 1 N–H and O–H groups in total. The Labute approximate surface area is 113 Å². The average Bonchev–Trinajstić information content (AvgIpc) is 2.25. The zero-order chi connectivity index (χ0) is 14.0. The Kier molecular flexibility index (Phi) is 3.43. The van der Waals surface area contributed by atoms with E-state index in [0.717, 1.165) is 5.69 Å². The number of nitrogens with one attached hydrogen (secondary N) is 1. The first kappa shape index (κ1) is 13.3. The molecule has 1 aromatic heterocycles. The number of nitriles is 1. The fraction of sp³-hybridized carbons (Fsp3) is 0.500. The Hall–Kier alpha value is -2.09. The van der Waals surface area contributed by atoms with E-state index in [9.17, 15) is 4.79 Å². The van der Waals surface area contributed by atoms with E-state index in [1.807, 2.05) is 32.9 Å². The minimum absolute atomic E-state index is 0.0259. The van der Waals surface area contributed by atoms with Crippen molar-refractivity contribution in [1.82, 2.24) is 10.3 Å². The minimum atomic E-state index is -0.192. The molecular formula is C14H18N4O. The second-order valence-electron chi connectivity index (χ2n) is 5.85. The molecule has 1 saturated heterocycles. The highest BCUT2D eigenvalue weighted by atomic mass is 16.2. The highest BCUT2D eigenvalue weighted by Gasteiger charge is 2.34. The first-order valence-electron chi connectivity index (χ1n) is 6.32. The van der Waals surface area contributed by atoms with Gasteiger partial charge in [0.1, 0.15) is 11.8 Å². The van der Waals surface area contributed by atoms with Gasteiger partial charge in [-0.3, -0.25) is 4.79 Å². The van der Waals surface area contributed by atoms with Crippen molar-refractivity contribution in [2.45, 2.75) is 26.3 Å². The monoisotopic (exact) mass is 258 g/mol. The lowest BCUT2D eigenvalue weighted by Gasteiger charge is -2.41. The van der Waals surface area contributed by atoms with Crippen LogP contribution >= 0.6 is 0 Å². The number of amides is 1. The number of aromatic nitrogens is 1. The van der Waals surface area contributed by atoms with Crippen molar-refractivity contribution in [3.63, 3.8) is 0 Å². The summed E-state index contributed by atoms with van der Waals surface area (Å²) in [6.45, 7) is 7.31. The molecule has 0 aromatic carbocycles. The van der Waals surface area contributed by atoms with Gasteiger partial charge in [-0.25, -0.2) is 4.98 Å². The summed E-state index contributed by atoms with van der Waals surface area (Å²) in [6.07, 6.45) is 1.62. The lowest BCUT2D eigenvalue weighted by Crippen LogP contribution is -2.56. The van der Waals surface area contributed by atoms with Gasteiger partial charge < -0.3 is 10.2 Å². The quantitative estimate of drug-likeness (QED) is 0.868. The van der Waals surface area contributed by atoms with E-state index in [4.69, 9.17) is 5.26 Å². The van der Waals surface area contributed by atoms with Crippen molar-refractivity contribution in [3.8, 4) is 6.07 Å². The van der Waals surface area contributed by atoms with Gasteiger partial charge in [0.15, 0.2) is 0 Å². The number of pyridine rings is 1. The number of carbonyl (C=O) groups excluding carboxylic acids is 1. The molecule has 2 rings (SSSR count). The van der Waals surface area contributed by atoms with E-state index >= 15 is 0 Å². The largest absolute Gasteiger partial charge is 0.370 e. The number of carbonyl (C=O) groups is 1. The van der Waals surface area contributed by atoms with Crippen molar-refractivity contribution in [2.24, 2.45) is 5.92 Å². The Morgan fingerprint density at radius 3 is 2.79 bits per heavy atom. The van der Waals surface area contributed by atoms with Crippen LogP contribution in [-0.2, 0) is 4.79 Å². The summed E-state index contributed by atoms with van der Waals surface area (Å²) in [7, 11) is 0. The molecule has 0 atom stereocenters. The Bertz CT molecular complexity index is 521. The fourth-order valence-electron chi connectivity index (χ4n) is 2.00. The molecule has 0 saturated carbocycles. The van der Waals surface area contributed by atoms with Gasteiger partial charge in [-0.2, -0.15) is 5.26 Å². The topological polar surface area (TPSA) is 69.0 Å². The summed E-state index contributed by atoms with van der Waals surface area (Å²) < 4.78 is 0. The average molecular weight is 258 g/mol. The Morgan fingerprint density at radius 2 is 2.21 bits per heavy atom. The number of anilines is 1. The Balaban J connectivity index is 1.93. The van der Waals surface area contributed by atoms with Crippen molar-refractivity contribution in [3.05, 3.63) is 24.0 Å². The number of hydrogen-bond acceptors (Lipinski definition) is 4. The summed E-state index contributed by atoms with van der Waals surface area (Å²) >= 11 is 0. The first-order valence-corrected chi connectivity index (χ1v) is 6.32. The first-order chi connectivity index (χ1) is 8.89. The molecule has 5 heteroatoms. The van der Waals surface area contributed by atoms with E-state index in [2.05, 4.69) is 15.2 Å². The van der Waals surface area contributed by atoms with Crippen molar-refractivity contribution >= 4 is 11.6 Å². The summed E-state index contributed by atoms with van der Waals surface area (Å²) in [5, 5.41) is 11.8. The summed E-state index contributed by atoms with van der Waals surface area (Å²) in [5.74, 6) is 0.122. The van der Waals surface area contributed by atoms with Gasteiger partial charge in [0.2, 0.25) is 5.91 Å². The molecule has 0 unspecified atom stereocenters. The molecule has 5 nitrogen and oxygen atoms in total. The predicted molar refractivity (Wildman–Crippen MR) is 72.6 cm³/mol. The van der Waals surface area contributed by atoms with E-state index in [0.29, 0.717) is 18.8 Å². The van der Waals surface area contributed by atoms with E-state index < -0.39 is 0 Å². The van der Waals surface area contributed by atoms with Gasteiger partial charge in [-0.15, -0.1) is 0 Å². The van der Waals surface area contributed by atoms with Gasteiger partial charge in [0, 0.05) is 30.5 Å². The van der Waals surface area contributed by atoms with E-state index in [-0.39, 0.29) is 17.4 Å². The lowest BCUT2D eigenvalue weighted by atomic mass is 9.96. The highest BCUT2D eigenvalue weighted by Crippen LogP contribution is 2.25. The van der Waals surface area contributed by atoms with Crippen molar-refractivity contribution in [2.75, 3.05) is 18.0 Å². The molecule has 0 aliphatic carbocycles. The van der Waals surface area contributed by atoms with Crippen LogP contribution in [0.25, 0.3) is 0 Å². The van der Waals surface area contributed by atoms with Gasteiger partial charge in [0.05, 0.1) is 5.92 Å². The maximum absolute atomic E-state index is 11.9. The SMILES string of the molecule is CC(C)(C)NC(=O)C1CN(c2ccnc(C#N)c2)C1. The van der Waals surface area contributed by atoms with Crippen LogP contribution < -0.4 is 10.2 Å². The van der Waals surface area contributed by atoms with Gasteiger partial charge in [0.25, 0.3) is 0 Å². The van der Waals surface area contributed by atoms with Crippen molar-refractivity contribution < 1.29 is 4.79 Å². The molecule has 19 heavy (non-hydrogen) atoms. The molecule has 1 aromatic rings. The zero-order valence-electron chi connectivity index (χ0n) is 11.5. The molecule has 100 valence electrons.